The molecule has 0 aliphatic heterocycles. The van der Waals surface area contributed by atoms with E-state index in [1.807, 2.05) is 0 Å². The number of halogens is 4. The van der Waals surface area contributed by atoms with Gasteiger partial charge in [-0.2, -0.15) is 23.1 Å². The number of nitrogens with zero attached hydrogens (tertiary/aromatic N) is 4. The fourth-order valence-electron chi connectivity index (χ4n) is 4.07. The van der Waals surface area contributed by atoms with Crippen molar-refractivity contribution in [1.82, 2.24) is 25.3 Å². The highest BCUT2D eigenvalue weighted by molar-refractivity contribution is 6.33. The Bertz CT molecular complexity index is 1230. The summed E-state index contributed by atoms with van der Waals surface area (Å²) in [6, 6.07) is 7.34. The van der Waals surface area contributed by atoms with Gasteiger partial charge in [0.05, 0.1) is 12.1 Å². The molecule has 2 aromatic heterocycles. The molecule has 1 amide bonds. The number of carbonyl (C=O) groups excluding carboxylic acids is 1. The van der Waals surface area contributed by atoms with E-state index in [1.54, 1.807) is 24.3 Å². The molecule has 1 aliphatic rings. The maximum Gasteiger partial charge on any atom is 0.403 e. The highest BCUT2D eigenvalue weighted by Gasteiger charge is 2.60. The van der Waals surface area contributed by atoms with Gasteiger partial charge in [-0.1, -0.05) is 30.5 Å². The Morgan fingerprint density at radius 3 is 2.49 bits per heavy atom. The van der Waals surface area contributed by atoms with E-state index in [0.29, 0.717) is 35.4 Å². The van der Waals surface area contributed by atoms with Crippen LogP contribution in [0.2, 0.25) is 5.02 Å². The zero-order valence-electron chi connectivity index (χ0n) is 18.6. The van der Waals surface area contributed by atoms with Gasteiger partial charge in [0.2, 0.25) is 11.8 Å². The fourth-order valence-corrected chi connectivity index (χ4v) is 4.27. The number of ether oxygens (including phenoxy) is 1. The van der Waals surface area contributed by atoms with Gasteiger partial charge in [0, 0.05) is 29.9 Å². The first-order valence-corrected chi connectivity index (χ1v) is 11.1. The summed E-state index contributed by atoms with van der Waals surface area (Å²) in [6.07, 6.45) is -2.89. The topological polar surface area (TPSA) is 110 Å². The lowest BCUT2D eigenvalue weighted by Gasteiger charge is -2.30. The smallest absolute Gasteiger partial charge is 0.403 e. The van der Waals surface area contributed by atoms with Crippen molar-refractivity contribution < 1.29 is 27.8 Å². The fraction of sp³-hybridized carbons (Fsp3) is 0.348. The third-order valence-electron chi connectivity index (χ3n) is 5.99. The number of aromatic hydroxyl groups is 1. The zero-order valence-corrected chi connectivity index (χ0v) is 19.3. The van der Waals surface area contributed by atoms with E-state index < -0.39 is 23.5 Å². The summed E-state index contributed by atoms with van der Waals surface area (Å²) < 4.78 is 46.0. The summed E-state index contributed by atoms with van der Waals surface area (Å²) in [5.41, 5.74) is -1.08. The first-order chi connectivity index (χ1) is 16.6. The van der Waals surface area contributed by atoms with Gasteiger partial charge in [0.15, 0.2) is 11.6 Å². The Kier molecular flexibility index (Phi) is 6.79. The molecule has 2 N–H and O–H groups in total. The normalized spacial score (nSPS) is 15.1. The molecule has 1 aliphatic carbocycles. The van der Waals surface area contributed by atoms with E-state index in [0.717, 1.165) is 0 Å². The van der Waals surface area contributed by atoms with Gasteiger partial charge < -0.3 is 15.2 Å². The van der Waals surface area contributed by atoms with E-state index in [9.17, 15) is 23.1 Å². The number of rotatable bonds is 6. The number of hydrogen-bond acceptors (Lipinski definition) is 7. The van der Waals surface area contributed by atoms with Crippen molar-refractivity contribution in [3.8, 4) is 34.7 Å². The second-order valence-electron chi connectivity index (χ2n) is 8.16. The number of methoxy groups -OCH3 is 1. The molecule has 1 aromatic carbocycles. The molecule has 0 atom stereocenters. The van der Waals surface area contributed by atoms with Crippen LogP contribution in [-0.2, 0) is 11.3 Å². The largest absolute Gasteiger partial charge is 0.481 e. The molecule has 184 valence electrons. The number of pyridine rings is 1. The SMILES string of the molecule is COc1ccc(-c2nc(O)nc(-c3cc(CNC(=O)C4(C(F)(F)F)CCCC4)ccc3Cl)n2)cn1. The summed E-state index contributed by atoms with van der Waals surface area (Å²) in [6.45, 7) is -0.146. The van der Waals surface area contributed by atoms with E-state index in [1.165, 1.54) is 19.4 Å². The van der Waals surface area contributed by atoms with Gasteiger partial charge in [-0.05, 0) is 36.6 Å². The van der Waals surface area contributed by atoms with Gasteiger partial charge in [-0.25, -0.2) is 9.97 Å². The third-order valence-corrected chi connectivity index (χ3v) is 6.32. The standard InChI is InChI=1S/C23H21ClF3N5O3/c1-35-17-7-5-14(12-28-17)18-30-19(32-21(34)31-18)15-10-13(4-6-16(15)24)11-29-20(33)22(23(25,26)27)8-2-3-9-22/h4-7,10,12H,2-3,8-9,11H2,1H3,(H,29,33)(H,30,31,32,34). The van der Waals surface area contributed by atoms with Gasteiger partial charge in [-0.15, -0.1) is 0 Å². The first kappa shape index (κ1) is 24.6. The highest BCUT2D eigenvalue weighted by atomic mass is 35.5. The van der Waals surface area contributed by atoms with Crippen molar-refractivity contribution in [3.05, 3.63) is 47.1 Å². The van der Waals surface area contributed by atoms with Crippen LogP contribution < -0.4 is 10.1 Å². The Labute approximate surface area is 203 Å². The molecule has 4 rings (SSSR count). The summed E-state index contributed by atoms with van der Waals surface area (Å²) in [5.74, 6) is -0.476. The van der Waals surface area contributed by atoms with Crippen LogP contribution in [0.5, 0.6) is 11.9 Å². The van der Waals surface area contributed by atoms with Crippen LogP contribution in [0.1, 0.15) is 31.2 Å². The Morgan fingerprint density at radius 2 is 1.86 bits per heavy atom. The quantitative estimate of drug-likeness (QED) is 0.497. The number of hydrogen-bond donors (Lipinski definition) is 2. The molecule has 2 heterocycles. The van der Waals surface area contributed by atoms with E-state index in [-0.39, 0.29) is 36.1 Å². The molecule has 1 fully saturated rings. The van der Waals surface area contributed by atoms with Crippen LogP contribution >= 0.6 is 11.6 Å². The van der Waals surface area contributed by atoms with Gasteiger partial charge in [-0.3, -0.25) is 4.79 Å². The minimum atomic E-state index is -4.62. The minimum Gasteiger partial charge on any atom is -0.481 e. The summed E-state index contributed by atoms with van der Waals surface area (Å²) in [7, 11) is 1.48. The summed E-state index contributed by atoms with van der Waals surface area (Å²) >= 11 is 6.32. The van der Waals surface area contributed by atoms with Crippen molar-refractivity contribution in [2.24, 2.45) is 5.41 Å². The van der Waals surface area contributed by atoms with Crippen LogP contribution in [0, 0.1) is 5.41 Å². The molecule has 1 saturated carbocycles. The second-order valence-corrected chi connectivity index (χ2v) is 8.56. The van der Waals surface area contributed by atoms with Crippen molar-refractivity contribution >= 4 is 17.5 Å². The molecule has 0 bridgehead atoms. The number of amides is 1. The molecule has 3 aromatic rings. The molecule has 0 spiro atoms. The Hall–Kier alpha value is -3.47. The number of aromatic nitrogens is 4. The predicted molar refractivity (Wildman–Crippen MR) is 121 cm³/mol. The molecule has 0 saturated heterocycles. The van der Waals surface area contributed by atoms with Crippen LogP contribution in [0.25, 0.3) is 22.8 Å². The molecule has 0 radical (unpaired) electrons. The van der Waals surface area contributed by atoms with Crippen LogP contribution in [0.4, 0.5) is 13.2 Å². The zero-order chi connectivity index (χ0) is 25.2. The molecule has 35 heavy (non-hydrogen) atoms. The van der Waals surface area contributed by atoms with Gasteiger partial charge in [0.1, 0.15) is 5.41 Å². The summed E-state index contributed by atoms with van der Waals surface area (Å²) in [5, 5.41) is 12.7. The van der Waals surface area contributed by atoms with Crippen LogP contribution in [0.15, 0.2) is 36.5 Å². The second kappa shape index (κ2) is 9.65. The molecular formula is C23H21ClF3N5O3. The highest BCUT2D eigenvalue weighted by Crippen LogP contribution is 2.50. The van der Waals surface area contributed by atoms with Crippen LogP contribution in [-0.4, -0.2) is 44.2 Å². The molecule has 8 nitrogen and oxygen atoms in total. The van der Waals surface area contributed by atoms with Gasteiger partial charge in [0.25, 0.3) is 0 Å². The maximum atomic E-state index is 13.7. The molecular weight excluding hydrogens is 487 g/mol. The van der Waals surface area contributed by atoms with E-state index >= 15 is 0 Å². The average molecular weight is 508 g/mol. The molecule has 12 heteroatoms. The van der Waals surface area contributed by atoms with E-state index in [2.05, 4.69) is 25.3 Å². The van der Waals surface area contributed by atoms with Gasteiger partial charge >= 0.3 is 12.2 Å². The molecule has 0 unspecified atom stereocenters. The first-order valence-electron chi connectivity index (χ1n) is 10.7. The van der Waals surface area contributed by atoms with Crippen molar-refractivity contribution in [2.75, 3.05) is 7.11 Å². The van der Waals surface area contributed by atoms with E-state index in [4.69, 9.17) is 16.3 Å². The van der Waals surface area contributed by atoms with Crippen molar-refractivity contribution in [2.45, 2.75) is 38.4 Å². The number of nitrogens with one attached hydrogen (secondary N) is 1. The lowest BCUT2D eigenvalue weighted by Crippen LogP contribution is -2.48. The van der Waals surface area contributed by atoms with Crippen molar-refractivity contribution in [1.29, 1.82) is 0 Å². The number of benzene rings is 1. The minimum absolute atomic E-state index is 0.0454. The Morgan fingerprint density at radius 1 is 1.14 bits per heavy atom. The lowest BCUT2D eigenvalue weighted by molar-refractivity contribution is -0.220. The van der Waals surface area contributed by atoms with Crippen LogP contribution in [0.3, 0.4) is 0 Å². The van der Waals surface area contributed by atoms with Crippen molar-refractivity contribution in [3.63, 3.8) is 0 Å². The monoisotopic (exact) mass is 507 g/mol. The lowest BCUT2D eigenvalue weighted by atomic mass is 9.84. The predicted octanol–water partition coefficient (Wildman–Crippen LogP) is 4.71. The average Bonchev–Trinajstić information content (AvgIpc) is 3.35. The number of carbonyl (C=O) groups is 1. The number of alkyl halides is 3. The summed E-state index contributed by atoms with van der Waals surface area (Å²) in [4.78, 5) is 28.8. The third kappa shape index (κ3) is 5.00. The maximum absolute atomic E-state index is 13.7. The Balaban J connectivity index is 1.59.